The molecule has 0 aliphatic rings. The van der Waals surface area contributed by atoms with Crippen molar-refractivity contribution in [3.05, 3.63) is 60.2 Å². The Morgan fingerprint density at radius 1 is 1.07 bits per heavy atom. The molecule has 6 nitrogen and oxygen atoms in total. The summed E-state index contributed by atoms with van der Waals surface area (Å²) in [7, 11) is -3.66. The number of benzene rings is 2. The first-order chi connectivity index (χ1) is 12.7. The van der Waals surface area contributed by atoms with Crippen molar-refractivity contribution < 1.29 is 17.9 Å². The molecule has 1 N–H and O–H groups in total. The summed E-state index contributed by atoms with van der Waals surface area (Å²) < 4.78 is 31.2. The van der Waals surface area contributed by atoms with Gasteiger partial charge in [0, 0.05) is 0 Å². The van der Waals surface area contributed by atoms with Crippen molar-refractivity contribution in [1.29, 1.82) is 0 Å². The van der Waals surface area contributed by atoms with Crippen LogP contribution in [-0.4, -0.2) is 33.2 Å². The van der Waals surface area contributed by atoms with E-state index >= 15 is 0 Å². The van der Waals surface area contributed by atoms with Crippen LogP contribution in [0.25, 0.3) is 0 Å². The zero-order valence-electron chi connectivity index (χ0n) is 16.0. The van der Waals surface area contributed by atoms with Crippen molar-refractivity contribution in [2.24, 2.45) is 0 Å². The first-order valence-electron chi connectivity index (χ1n) is 8.81. The number of hydrogen-bond donors (Lipinski definition) is 1. The van der Waals surface area contributed by atoms with Gasteiger partial charge in [0.1, 0.15) is 11.8 Å². The molecular formula is C20H26N2O4S. The van der Waals surface area contributed by atoms with Crippen molar-refractivity contribution in [1.82, 2.24) is 5.32 Å². The fourth-order valence-corrected chi connectivity index (χ4v) is 4.00. The van der Waals surface area contributed by atoms with E-state index in [1.54, 1.807) is 31.2 Å². The number of sulfonamides is 1. The van der Waals surface area contributed by atoms with Crippen LogP contribution in [0.2, 0.25) is 0 Å². The second-order valence-corrected chi connectivity index (χ2v) is 8.16. The van der Waals surface area contributed by atoms with Crippen LogP contribution in [0, 0.1) is 0 Å². The van der Waals surface area contributed by atoms with Gasteiger partial charge in [-0.15, -0.1) is 0 Å². The molecule has 2 rings (SSSR count). The van der Waals surface area contributed by atoms with Gasteiger partial charge in [-0.3, -0.25) is 9.10 Å². The van der Waals surface area contributed by atoms with E-state index in [9.17, 15) is 13.2 Å². The van der Waals surface area contributed by atoms with E-state index in [-0.39, 0.29) is 11.9 Å². The van der Waals surface area contributed by atoms with Crippen LogP contribution >= 0.6 is 0 Å². The van der Waals surface area contributed by atoms with E-state index in [2.05, 4.69) is 5.32 Å². The fourth-order valence-electron chi connectivity index (χ4n) is 2.82. The average Bonchev–Trinajstić information content (AvgIpc) is 2.63. The summed E-state index contributed by atoms with van der Waals surface area (Å²) in [6.07, 6.45) is 1.09. The molecule has 7 heteroatoms. The molecule has 0 aliphatic carbocycles. The van der Waals surface area contributed by atoms with Gasteiger partial charge in [0.25, 0.3) is 0 Å². The van der Waals surface area contributed by atoms with Gasteiger partial charge in [0.05, 0.1) is 24.6 Å². The van der Waals surface area contributed by atoms with E-state index < -0.39 is 16.1 Å². The van der Waals surface area contributed by atoms with Gasteiger partial charge in [-0.25, -0.2) is 8.42 Å². The maximum Gasteiger partial charge on any atom is 0.244 e. The molecular weight excluding hydrogens is 364 g/mol. The summed E-state index contributed by atoms with van der Waals surface area (Å²) >= 11 is 0. The Morgan fingerprint density at radius 2 is 1.67 bits per heavy atom. The molecule has 146 valence electrons. The van der Waals surface area contributed by atoms with E-state index in [1.807, 2.05) is 44.2 Å². The number of ether oxygens (including phenoxy) is 1. The zero-order valence-corrected chi connectivity index (χ0v) is 16.9. The van der Waals surface area contributed by atoms with Crippen LogP contribution in [0.3, 0.4) is 0 Å². The molecule has 0 bridgehead atoms. The SMILES string of the molecule is CCOc1ccc(N([C@H](C)C(=O)N[C@H](C)c2ccccc2)S(C)(=O)=O)cc1. The van der Waals surface area contributed by atoms with Crippen LogP contribution in [0.15, 0.2) is 54.6 Å². The molecule has 0 radical (unpaired) electrons. The maximum absolute atomic E-state index is 12.7. The smallest absolute Gasteiger partial charge is 0.244 e. The number of nitrogens with one attached hydrogen (secondary N) is 1. The van der Waals surface area contributed by atoms with Gasteiger partial charge < -0.3 is 10.1 Å². The Kier molecular flexibility index (Phi) is 6.85. The molecule has 0 fully saturated rings. The van der Waals surface area contributed by atoms with Crippen molar-refractivity contribution in [3.63, 3.8) is 0 Å². The summed E-state index contributed by atoms with van der Waals surface area (Å²) in [6, 6.07) is 15.0. The average molecular weight is 391 g/mol. The Morgan fingerprint density at radius 3 is 2.19 bits per heavy atom. The standard InChI is InChI=1S/C20H26N2O4S/c1-5-26-19-13-11-18(12-14-19)22(27(4,24)25)16(3)20(23)21-15(2)17-9-7-6-8-10-17/h6-16H,5H2,1-4H3,(H,21,23)/t15-,16-/m1/s1. The lowest BCUT2D eigenvalue weighted by Crippen LogP contribution is -2.48. The van der Waals surface area contributed by atoms with E-state index in [1.165, 1.54) is 0 Å². The third-order valence-electron chi connectivity index (χ3n) is 4.15. The molecule has 0 unspecified atom stereocenters. The Bertz CT molecular complexity index is 851. The molecule has 2 aromatic carbocycles. The van der Waals surface area contributed by atoms with E-state index in [0.717, 1.165) is 16.1 Å². The van der Waals surface area contributed by atoms with Crippen LogP contribution < -0.4 is 14.4 Å². The topological polar surface area (TPSA) is 75.7 Å². The second kappa shape index (κ2) is 8.90. The van der Waals surface area contributed by atoms with Gasteiger partial charge in [0.2, 0.25) is 15.9 Å². The lowest BCUT2D eigenvalue weighted by molar-refractivity contribution is -0.122. The van der Waals surface area contributed by atoms with Crippen LogP contribution in [0.4, 0.5) is 5.69 Å². The molecule has 0 aliphatic heterocycles. The normalized spacial score (nSPS) is 13.5. The number of carbonyl (C=O) groups is 1. The molecule has 2 aromatic rings. The number of rotatable bonds is 8. The van der Waals surface area contributed by atoms with Crippen LogP contribution in [0.5, 0.6) is 5.75 Å². The Balaban J connectivity index is 2.21. The van der Waals surface area contributed by atoms with Crippen LogP contribution in [-0.2, 0) is 14.8 Å². The second-order valence-electron chi connectivity index (χ2n) is 6.30. The summed E-state index contributed by atoms with van der Waals surface area (Å²) in [5.41, 5.74) is 1.36. The highest BCUT2D eigenvalue weighted by Gasteiger charge is 2.29. The lowest BCUT2D eigenvalue weighted by atomic mass is 10.1. The van der Waals surface area contributed by atoms with E-state index in [4.69, 9.17) is 4.74 Å². The third kappa shape index (κ3) is 5.47. The van der Waals surface area contributed by atoms with E-state index in [0.29, 0.717) is 18.0 Å². The quantitative estimate of drug-likeness (QED) is 0.751. The molecule has 0 spiro atoms. The minimum atomic E-state index is -3.66. The minimum Gasteiger partial charge on any atom is -0.494 e. The first kappa shape index (κ1) is 20.8. The number of nitrogens with zero attached hydrogens (tertiary/aromatic N) is 1. The minimum absolute atomic E-state index is 0.233. The summed E-state index contributed by atoms with van der Waals surface area (Å²) in [5, 5.41) is 2.88. The summed E-state index contributed by atoms with van der Waals surface area (Å²) in [4.78, 5) is 12.7. The van der Waals surface area contributed by atoms with Gasteiger partial charge in [-0.2, -0.15) is 0 Å². The molecule has 0 aromatic heterocycles. The van der Waals surface area contributed by atoms with Gasteiger partial charge in [-0.1, -0.05) is 30.3 Å². The van der Waals surface area contributed by atoms with Crippen molar-refractivity contribution in [2.45, 2.75) is 32.9 Å². The Hall–Kier alpha value is -2.54. The van der Waals surface area contributed by atoms with Crippen molar-refractivity contribution in [2.75, 3.05) is 17.2 Å². The molecule has 27 heavy (non-hydrogen) atoms. The largest absolute Gasteiger partial charge is 0.494 e. The number of amides is 1. The maximum atomic E-state index is 12.7. The first-order valence-corrected chi connectivity index (χ1v) is 10.7. The highest BCUT2D eigenvalue weighted by atomic mass is 32.2. The molecule has 2 atom stereocenters. The molecule has 0 saturated carbocycles. The predicted molar refractivity (Wildman–Crippen MR) is 107 cm³/mol. The monoisotopic (exact) mass is 390 g/mol. The van der Waals surface area contributed by atoms with Crippen LogP contribution in [0.1, 0.15) is 32.4 Å². The molecule has 0 saturated heterocycles. The third-order valence-corrected chi connectivity index (χ3v) is 5.39. The summed E-state index contributed by atoms with van der Waals surface area (Å²) in [6.45, 7) is 5.83. The molecule has 1 amide bonds. The Labute approximate surface area is 161 Å². The van der Waals surface area contributed by atoms with Gasteiger partial charge in [0.15, 0.2) is 0 Å². The summed E-state index contributed by atoms with van der Waals surface area (Å²) in [5.74, 6) is 0.273. The van der Waals surface area contributed by atoms with Crippen molar-refractivity contribution in [3.8, 4) is 5.75 Å². The zero-order chi connectivity index (χ0) is 20.0. The number of anilines is 1. The van der Waals surface area contributed by atoms with Gasteiger partial charge in [-0.05, 0) is 50.6 Å². The highest BCUT2D eigenvalue weighted by Crippen LogP contribution is 2.24. The van der Waals surface area contributed by atoms with Crippen molar-refractivity contribution >= 4 is 21.6 Å². The fraction of sp³-hybridized carbons (Fsp3) is 0.350. The van der Waals surface area contributed by atoms with Gasteiger partial charge >= 0.3 is 0 Å². The number of hydrogen-bond acceptors (Lipinski definition) is 4. The predicted octanol–water partition coefficient (Wildman–Crippen LogP) is 3.12. The number of carbonyl (C=O) groups excluding carboxylic acids is 1. The molecule has 0 heterocycles. The highest BCUT2D eigenvalue weighted by molar-refractivity contribution is 7.92. The lowest BCUT2D eigenvalue weighted by Gasteiger charge is -2.29.